The summed E-state index contributed by atoms with van der Waals surface area (Å²) in [6.45, 7) is 5.42. The van der Waals surface area contributed by atoms with Gasteiger partial charge in [0, 0.05) is 16.3 Å². The fraction of sp³-hybridized carbons (Fsp3) is 0.273. The topological polar surface area (TPSA) is 37.9 Å². The number of halogens is 1. The molecule has 0 radical (unpaired) electrons. The van der Waals surface area contributed by atoms with E-state index < -0.39 is 0 Å². The second kappa shape index (κ2) is 7.20. The third kappa shape index (κ3) is 3.62. The minimum Gasteiger partial charge on any atom is -0.323 e. The molecule has 4 nitrogen and oxygen atoms in total. The number of aryl methyl sites for hydroxylation is 2. The zero-order chi connectivity index (χ0) is 19.0. The van der Waals surface area contributed by atoms with Gasteiger partial charge in [0.05, 0.1) is 13.0 Å². The molecule has 1 aromatic heterocycles. The summed E-state index contributed by atoms with van der Waals surface area (Å²) in [7, 11) is 0. The van der Waals surface area contributed by atoms with Gasteiger partial charge in [-0.2, -0.15) is 0 Å². The maximum atomic E-state index is 12.6. The van der Waals surface area contributed by atoms with Gasteiger partial charge < -0.3 is 5.32 Å². The van der Waals surface area contributed by atoms with Crippen molar-refractivity contribution in [3.63, 3.8) is 0 Å². The van der Waals surface area contributed by atoms with E-state index in [4.69, 9.17) is 11.6 Å². The molecule has 0 atom stereocenters. The first-order valence-electron chi connectivity index (χ1n) is 9.26. The summed E-state index contributed by atoms with van der Waals surface area (Å²) in [4.78, 5) is 12.6. The average Bonchev–Trinajstić information content (AvgIpc) is 3.23. The number of nitrogens with one attached hydrogen (secondary N) is 1. The molecule has 3 aromatic rings. The van der Waals surface area contributed by atoms with Gasteiger partial charge in [-0.1, -0.05) is 17.7 Å². The number of rotatable bonds is 4. The molecule has 5 heteroatoms. The number of anilines is 1. The number of benzene rings is 2. The molecular weight excluding hydrogens is 358 g/mol. The Labute approximate surface area is 164 Å². The molecule has 2 heterocycles. The SMILES string of the molecule is Cc1ccc(NC(=O)C[n+]2cc(-c3ccc(Cl)cc3)n3c2CCC3)cc1C. The van der Waals surface area contributed by atoms with E-state index >= 15 is 0 Å². The van der Waals surface area contributed by atoms with Gasteiger partial charge in [0.25, 0.3) is 11.7 Å². The van der Waals surface area contributed by atoms with E-state index in [0.717, 1.165) is 41.4 Å². The molecule has 1 aliphatic heterocycles. The highest BCUT2D eigenvalue weighted by molar-refractivity contribution is 6.30. The van der Waals surface area contributed by atoms with Crippen LogP contribution in [0.3, 0.4) is 0 Å². The minimum atomic E-state index is -0.00814. The van der Waals surface area contributed by atoms with Crippen LogP contribution in [-0.4, -0.2) is 10.5 Å². The van der Waals surface area contributed by atoms with Gasteiger partial charge in [-0.25, -0.2) is 9.13 Å². The van der Waals surface area contributed by atoms with Gasteiger partial charge in [0.15, 0.2) is 12.2 Å². The second-order valence-electron chi connectivity index (χ2n) is 7.17. The summed E-state index contributed by atoms with van der Waals surface area (Å²) >= 11 is 6.02. The van der Waals surface area contributed by atoms with Crippen molar-refractivity contribution in [3.8, 4) is 11.3 Å². The number of carbonyl (C=O) groups excluding carboxylic acids is 1. The van der Waals surface area contributed by atoms with Crippen molar-refractivity contribution >= 4 is 23.2 Å². The molecule has 138 valence electrons. The summed E-state index contributed by atoms with van der Waals surface area (Å²) in [5.74, 6) is 1.20. The maximum absolute atomic E-state index is 12.6. The Kier molecular flexibility index (Phi) is 4.75. The minimum absolute atomic E-state index is 0.00814. The Hall–Kier alpha value is -2.59. The van der Waals surface area contributed by atoms with Crippen LogP contribution in [0.5, 0.6) is 0 Å². The molecule has 1 amide bonds. The van der Waals surface area contributed by atoms with Gasteiger partial charge in [-0.15, -0.1) is 0 Å². The summed E-state index contributed by atoms with van der Waals surface area (Å²) in [6.07, 6.45) is 4.18. The summed E-state index contributed by atoms with van der Waals surface area (Å²) < 4.78 is 4.39. The Morgan fingerprint density at radius 1 is 1.15 bits per heavy atom. The number of hydrogen-bond acceptors (Lipinski definition) is 1. The van der Waals surface area contributed by atoms with E-state index in [1.807, 2.05) is 42.5 Å². The molecule has 0 saturated carbocycles. The molecule has 0 aliphatic carbocycles. The molecule has 1 aliphatic rings. The van der Waals surface area contributed by atoms with Crippen molar-refractivity contribution in [1.29, 1.82) is 0 Å². The van der Waals surface area contributed by atoms with Gasteiger partial charge in [0.2, 0.25) is 0 Å². The molecular formula is C22H23ClN3O+. The number of carbonyl (C=O) groups is 1. The van der Waals surface area contributed by atoms with E-state index in [1.54, 1.807) is 0 Å². The van der Waals surface area contributed by atoms with Gasteiger partial charge >= 0.3 is 0 Å². The molecule has 1 N–H and O–H groups in total. The maximum Gasteiger partial charge on any atom is 0.266 e. The highest BCUT2D eigenvalue weighted by Crippen LogP contribution is 2.26. The fourth-order valence-electron chi connectivity index (χ4n) is 3.67. The predicted molar refractivity (Wildman–Crippen MR) is 108 cm³/mol. The fourth-order valence-corrected chi connectivity index (χ4v) is 3.80. The lowest BCUT2D eigenvalue weighted by Gasteiger charge is -2.07. The van der Waals surface area contributed by atoms with Crippen LogP contribution in [0.4, 0.5) is 5.69 Å². The lowest BCUT2D eigenvalue weighted by Crippen LogP contribution is -2.42. The number of imidazole rings is 1. The Morgan fingerprint density at radius 3 is 2.67 bits per heavy atom. The number of aromatic nitrogens is 2. The molecule has 27 heavy (non-hydrogen) atoms. The van der Waals surface area contributed by atoms with E-state index in [-0.39, 0.29) is 5.91 Å². The first-order chi connectivity index (χ1) is 13.0. The van der Waals surface area contributed by atoms with Crippen molar-refractivity contribution in [2.75, 3.05) is 5.32 Å². The van der Waals surface area contributed by atoms with Crippen molar-refractivity contribution in [2.24, 2.45) is 0 Å². The Bertz CT molecular complexity index is 1010. The van der Waals surface area contributed by atoms with E-state index in [2.05, 4.69) is 34.5 Å². The predicted octanol–water partition coefficient (Wildman–Crippen LogP) is 4.30. The zero-order valence-corrected chi connectivity index (χ0v) is 16.4. The molecule has 0 spiro atoms. The first kappa shape index (κ1) is 17.8. The quantitative estimate of drug-likeness (QED) is 0.673. The van der Waals surface area contributed by atoms with Gasteiger partial charge in [-0.3, -0.25) is 4.79 Å². The van der Waals surface area contributed by atoms with Crippen LogP contribution in [0.2, 0.25) is 5.02 Å². The second-order valence-corrected chi connectivity index (χ2v) is 7.60. The van der Waals surface area contributed by atoms with Crippen LogP contribution < -0.4 is 9.88 Å². The molecule has 4 rings (SSSR count). The van der Waals surface area contributed by atoms with Gasteiger partial charge in [0.1, 0.15) is 6.20 Å². The molecule has 0 unspecified atom stereocenters. The highest BCUT2D eigenvalue weighted by Gasteiger charge is 2.29. The normalized spacial score (nSPS) is 12.9. The highest BCUT2D eigenvalue weighted by atomic mass is 35.5. The monoisotopic (exact) mass is 380 g/mol. The third-order valence-corrected chi connectivity index (χ3v) is 5.49. The van der Waals surface area contributed by atoms with Gasteiger partial charge in [-0.05, 0) is 67.8 Å². The molecule has 0 bridgehead atoms. The summed E-state index contributed by atoms with van der Waals surface area (Å²) in [6, 6.07) is 13.9. The van der Waals surface area contributed by atoms with Crippen molar-refractivity contribution in [3.05, 3.63) is 70.6 Å². The average molecular weight is 381 g/mol. The van der Waals surface area contributed by atoms with E-state index in [9.17, 15) is 4.79 Å². The number of amides is 1. The Balaban J connectivity index is 1.57. The van der Waals surface area contributed by atoms with Crippen molar-refractivity contribution < 1.29 is 9.36 Å². The van der Waals surface area contributed by atoms with Crippen LogP contribution in [0.15, 0.2) is 48.7 Å². The smallest absolute Gasteiger partial charge is 0.266 e. The Morgan fingerprint density at radius 2 is 1.93 bits per heavy atom. The summed E-state index contributed by atoms with van der Waals surface area (Å²) in [5.41, 5.74) is 5.50. The zero-order valence-electron chi connectivity index (χ0n) is 15.6. The van der Waals surface area contributed by atoms with E-state index in [0.29, 0.717) is 6.54 Å². The summed E-state index contributed by atoms with van der Waals surface area (Å²) in [5, 5.41) is 3.75. The number of fused-ring (bicyclic) bond motifs is 1. The van der Waals surface area contributed by atoms with Crippen LogP contribution >= 0.6 is 11.6 Å². The van der Waals surface area contributed by atoms with Crippen LogP contribution in [-0.2, 0) is 24.3 Å². The van der Waals surface area contributed by atoms with Crippen molar-refractivity contribution in [2.45, 2.75) is 39.8 Å². The van der Waals surface area contributed by atoms with Crippen molar-refractivity contribution in [1.82, 2.24) is 4.57 Å². The van der Waals surface area contributed by atoms with Crippen LogP contribution in [0, 0.1) is 13.8 Å². The third-order valence-electron chi connectivity index (χ3n) is 5.24. The van der Waals surface area contributed by atoms with Crippen LogP contribution in [0.1, 0.15) is 23.4 Å². The first-order valence-corrected chi connectivity index (χ1v) is 9.64. The lowest BCUT2D eigenvalue weighted by atomic mass is 10.1. The lowest BCUT2D eigenvalue weighted by molar-refractivity contribution is -0.690. The largest absolute Gasteiger partial charge is 0.323 e. The number of hydrogen-bond donors (Lipinski definition) is 1. The van der Waals surface area contributed by atoms with Crippen LogP contribution in [0.25, 0.3) is 11.3 Å². The molecule has 0 saturated heterocycles. The number of nitrogens with zero attached hydrogens (tertiary/aromatic N) is 2. The molecule has 2 aromatic carbocycles. The van der Waals surface area contributed by atoms with E-state index in [1.165, 1.54) is 17.0 Å². The molecule has 0 fully saturated rings. The standard InChI is InChI=1S/C22H22ClN3O/c1-15-5-10-19(12-16(15)2)24-21(27)14-25-13-20(26-11-3-4-22(25)26)17-6-8-18(23)9-7-17/h5-10,12-13H,3-4,11,14H2,1-2H3/p+1.